The molecule has 5 heteroatoms. The molecule has 0 unspecified atom stereocenters. The van der Waals surface area contributed by atoms with E-state index in [0.717, 1.165) is 18.7 Å². The van der Waals surface area contributed by atoms with Crippen LogP contribution in [-0.4, -0.2) is 27.1 Å². The van der Waals surface area contributed by atoms with Crippen molar-refractivity contribution in [3.05, 3.63) is 18.2 Å². The Bertz CT molecular complexity index is 238. The van der Waals surface area contributed by atoms with Gasteiger partial charge in [0.05, 0.1) is 0 Å². The second-order valence-electron chi connectivity index (χ2n) is 2.56. The Kier molecular flexibility index (Phi) is 3.19. The van der Waals surface area contributed by atoms with Gasteiger partial charge in [0, 0.05) is 24.3 Å². The Morgan fingerprint density at radius 3 is 2.33 bits per heavy atom. The average molecular weight is 166 g/mol. The van der Waals surface area contributed by atoms with Gasteiger partial charge in [0.15, 0.2) is 0 Å². The number of hydrogen-bond acceptors (Lipinski definition) is 4. The summed E-state index contributed by atoms with van der Waals surface area (Å²) >= 11 is 0. The van der Waals surface area contributed by atoms with E-state index >= 15 is 0 Å². The van der Waals surface area contributed by atoms with Crippen molar-refractivity contribution in [3.63, 3.8) is 0 Å². The molecule has 4 nitrogen and oxygen atoms in total. The first kappa shape index (κ1) is 9.16. The quantitative estimate of drug-likeness (QED) is 0.571. The van der Waals surface area contributed by atoms with Crippen molar-refractivity contribution in [2.45, 2.75) is 19.8 Å². The molecule has 64 valence electrons. The highest BCUT2D eigenvalue weighted by atomic mass is 16.4. The van der Waals surface area contributed by atoms with Crippen molar-refractivity contribution in [3.8, 4) is 0 Å². The summed E-state index contributed by atoms with van der Waals surface area (Å²) in [5.74, 6) is 0.738. The molecule has 1 aromatic heterocycles. The van der Waals surface area contributed by atoms with Crippen molar-refractivity contribution in [1.29, 1.82) is 0 Å². The average Bonchev–Trinajstić information content (AvgIpc) is 2.06. The van der Waals surface area contributed by atoms with Gasteiger partial charge < -0.3 is 10.0 Å². The van der Waals surface area contributed by atoms with Crippen LogP contribution in [0.25, 0.3) is 0 Å². The number of rotatable bonds is 3. The molecule has 0 spiro atoms. The molecule has 0 radical (unpaired) electrons. The highest BCUT2D eigenvalue weighted by Crippen LogP contribution is 1.91. The Morgan fingerprint density at radius 2 is 1.92 bits per heavy atom. The molecule has 0 saturated heterocycles. The Balaban J connectivity index is 2.71. The maximum Gasteiger partial charge on any atom is 0.491 e. The molecule has 0 fully saturated rings. The SMILES string of the molecule is CCCc1ncc(B(O)O)cn1. The summed E-state index contributed by atoms with van der Waals surface area (Å²) in [6.45, 7) is 2.04. The molecule has 1 heterocycles. The van der Waals surface area contributed by atoms with Gasteiger partial charge in [0.25, 0.3) is 0 Å². The van der Waals surface area contributed by atoms with E-state index in [4.69, 9.17) is 10.0 Å². The molecule has 0 bridgehead atoms. The third kappa shape index (κ3) is 2.28. The predicted octanol–water partition coefficient (Wildman–Crippen LogP) is -0.891. The Morgan fingerprint density at radius 1 is 1.33 bits per heavy atom. The first-order chi connectivity index (χ1) is 5.74. The molecule has 0 aliphatic rings. The second kappa shape index (κ2) is 4.18. The van der Waals surface area contributed by atoms with Crippen LogP contribution in [0.15, 0.2) is 12.4 Å². The van der Waals surface area contributed by atoms with Crippen LogP contribution in [0.5, 0.6) is 0 Å². The third-order valence-corrected chi connectivity index (χ3v) is 1.50. The molecular weight excluding hydrogens is 155 g/mol. The lowest BCUT2D eigenvalue weighted by molar-refractivity contribution is 0.425. The first-order valence-electron chi connectivity index (χ1n) is 3.91. The number of hydrogen-bond donors (Lipinski definition) is 2. The van der Waals surface area contributed by atoms with E-state index in [9.17, 15) is 0 Å². The normalized spacial score (nSPS) is 9.92. The van der Waals surface area contributed by atoms with E-state index in [1.807, 2.05) is 6.92 Å². The zero-order chi connectivity index (χ0) is 8.97. The maximum absolute atomic E-state index is 8.72. The molecule has 0 aromatic carbocycles. The van der Waals surface area contributed by atoms with Crippen LogP contribution in [-0.2, 0) is 6.42 Å². The molecule has 12 heavy (non-hydrogen) atoms. The predicted molar refractivity (Wildman–Crippen MR) is 45.9 cm³/mol. The van der Waals surface area contributed by atoms with E-state index in [1.54, 1.807) is 0 Å². The summed E-state index contributed by atoms with van der Waals surface area (Å²) in [4.78, 5) is 7.92. The molecule has 1 aromatic rings. The summed E-state index contributed by atoms with van der Waals surface area (Å²) in [6, 6.07) is 0. The standard InChI is InChI=1S/C7H11BN2O2/c1-2-3-7-9-4-6(5-10-7)8(11)12/h4-5,11-12H,2-3H2,1H3. The summed E-state index contributed by atoms with van der Waals surface area (Å²) < 4.78 is 0. The molecule has 0 aliphatic carbocycles. The second-order valence-corrected chi connectivity index (χ2v) is 2.56. The summed E-state index contributed by atoms with van der Waals surface area (Å²) in [7, 11) is -1.47. The van der Waals surface area contributed by atoms with Gasteiger partial charge in [-0.2, -0.15) is 0 Å². The van der Waals surface area contributed by atoms with Crippen LogP contribution in [0, 0.1) is 0 Å². The van der Waals surface area contributed by atoms with Crippen molar-refractivity contribution in [2.24, 2.45) is 0 Å². The highest BCUT2D eigenvalue weighted by molar-refractivity contribution is 6.58. The van der Waals surface area contributed by atoms with Gasteiger partial charge in [-0.25, -0.2) is 9.97 Å². The van der Waals surface area contributed by atoms with Gasteiger partial charge in [-0.15, -0.1) is 0 Å². The Hall–Kier alpha value is -0.935. The van der Waals surface area contributed by atoms with E-state index in [2.05, 4.69) is 9.97 Å². The van der Waals surface area contributed by atoms with Crippen LogP contribution < -0.4 is 5.46 Å². The van der Waals surface area contributed by atoms with Crippen LogP contribution in [0.4, 0.5) is 0 Å². The third-order valence-electron chi connectivity index (χ3n) is 1.50. The lowest BCUT2D eigenvalue weighted by atomic mass is 9.83. The van der Waals surface area contributed by atoms with Gasteiger partial charge in [-0.1, -0.05) is 6.92 Å². The zero-order valence-electron chi connectivity index (χ0n) is 6.94. The van der Waals surface area contributed by atoms with Crippen molar-refractivity contribution >= 4 is 12.6 Å². The van der Waals surface area contributed by atoms with E-state index in [-0.39, 0.29) is 0 Å². The summed E-state index contributed by atoms with van der Waals surface area (Å²) in [5, 5.41) is 17.4. The highest BCUT2D eigenvalue weighted by Gasteiger charge is 2.10. The van der Waals surface area contributed by atoms with Gasteiger partial charge in [-0.05, 0) is 6.42 Å². The molecule has 0 aliphatic heterocycles. The maximum atomic E-state index is 8.72. The van der Waals surface area contributed by atoms with E-state index in [0.29, 0.717) is 5.46 Å². The lowest BCUT2D eigenvalue weighted by Gasteiger charge is -1.99. The number of aromatic nitrogens is 2. The molecular formula is C7H11BN2O2. The first-order valence-corrected chi connectivity index (χ1v) is 3.91. The molecule has 1 rings (SSSR count). The van der Waals surface area contributed by atoms with Crippen LogP contribution in [0.2, 0.25) is 0 Å². The van der Waals surface area contributed by atoms with E-state index < -0.39 is 7.12 Å². The summed E-state index contributed by atoms with van der Waals surface area (Å²) in [5.41, 5.74) is 0.329. The molecule has 0 atom stereocenters. The zero-order valence-corrected chi connectivity index (χ0v) is 6.94. The van der Waals surface area contributed by atoms with Crippen molar-refractivity contribution in [1.82, 2.24) is 9.97 Å². The fraction of sp³-hybridized carbons (Fsp3) is 0.429. The minimum Gasteiger partial charge on any atom is -0.423 e. The monoisotopic (exact) mass is 166 g/mol. The van der Waals surface area contributed by atoms with Gasteiger partial charge in [-0.3, -0.25) is 0 Å². The van der Waals surface area contributed by atoms with Crippen molar-refractivity contribution < 1.29 is 10.0 Å². The van der Waals surface area contributed by atoms with Gasteiger partial charge >= 0.3 is 7.12 Å². The van der Waals surface area contributed by atoms with Crippen LogP contribution >= 0.6 is 0 Å². The molecule has 2 N–H and O–H groups in total. The fourth-order valence-electron chi connectivity index (χ4n) is 0.851. The van der Waals surface area contributed by atoms with Gasteiger partial charge in [0.2, 0.25) is 0 Å². The largest absolute Gasteiger partial charge is 0.491 e. The fourth-order valence-corrected chi connectivity index (χ4v) is 0.851. The van der Waals surface area contributed by atoms with Crippen LogP contribution in [0.1, 0.15) is 19.2 Å². The number of nitrogens with zero attached hydrogens (tertiary/aromatic N) is 2. The molecule has 0 amide bonds. The topological polar surface area (TPSA) is 66.2 Å². The Labute approximate surface area is 71.4 Å². The van der Waals surface area contributed by atoms with Crippen LogP contribution in [0.3, 0.4) is 0 Å². The smallest absolute Gasteiger partial charge is 0.423 e. The lowest BCUT2D eigenvalue weighted by Crippen LogP contribution is -2.30. The van der Waals surface area contributed by atoms with Crippen molar-refractivity contribution in [2.75, 3.05) is 0 Å². The van der Waals surface area contributed by atoms with E-state index in [1.165, 1.54) is 12.4 Å². The summed E-state index contributed by atoms with van der Waals surface area (Å²) in [6.07, 6.45) is 4.67. The minimum absolute atomic E-state index is 0.329. The minimum atomic E-state index is -1.47. The van der Waals surface area contributed by atoms with Gasteiger partial charge in [0.1, 0.15) is 5.82 Å². The molecule has 0 saturated carbocycles. The number of aryl methyl sites for hydroxylation is 1.